The smallest absolute Gasteiger partial charge is 0.335 e. The van der Waals surface area contributed by atoms with Gasteiger partial charge < -0.3 is 10.2 Å². The van der Waals surface area contributed by atoms with Gasteiger partial charge in [0.15, 0.2) is 0 Å². The van der Waals surface area contributed by atoms with Crippen molar-refractivity contribution < 1.29 is 15.0 Å². The second kappa shape index (κ2) is 4.93. The van der Waals surface area contributed by atoms with Gasteiger partial charge in [-0.15, -0.1) is 0 Å². The van der Waals surface area contributed by atoms with Gasteiger partial charge >= 0.3 is 5.97 Å². The minimum Gasteiger partial charge on any atom is -0.478 e. The summed E-state index contributed by atoms with van der Waals surface area (Å²) in [5.41, 5.74) is 0.961. The lowest BCUT2D eigenvalue weighted by atomic mass is 10.1. The Morgan fingerprint density at radius 2 is 2.14 bits per heavy atom. The van der Waals surface area contributed by atoms with Gasteiger partial charge in [0.2, 0.25) is 0 Å². The number of carbonyl (C=O) groups is 1. The second-order valence-corrected chi connectivity index (χ2v) is 3.58. The maximum atomic E-state index is 10.7. The van der Waals surface area contributed by atoms with Crippen LogP contribution in [-0.4, -0.2) is 22.8 Å². The molecule has 0 aliphatic carbocycles. The summed E-state index contributed by atoms with van der Waals surface area (Å²) in [6.45, 7) is -0.0606. The molecule has 0 saturated carbocycles. The molecule has 0 spiro atoms. The van der Waals surface area contributed by atoms with E-state index < -0.39 is 5.97 Å². The molecule has 0 aromatic heterocycles. The van der Waals surface area contributed by atoms with Gasteiger partial charge in [0, 0.05) is 4.47 Å². The summed E-state index contributed by atoms with van der Waals surface area (Å²) in [5, 5.41) is 17.3. The number of carboxylic acids is 1. The highest BCUT2D eigenvalue weighted by molar-refractivity contribution is 9.10. The molecular weight excluding hydrogens is 248 g/mol. The molecule has 0 atom stereocenters. The van der Waals surface area contributed by atoms with Crippen LogP contribution in [0.15, 0.2) is 28.7 Å². The zero-order valence-corrected chi connectivity index (χ0v) is 8.86. The van der Waals surface area contributed by atoms with Crippen LogP contribution >= 0.6 is 15.9 Å². The molecular formula is C10H9BrO3. The number of hydrogen-bond donors (Lipinski definition) is 2. The van der Waals surface area contributed by atoms with Crippen LogP contribution in [0.25, 0.3) is 6.08 Å². The average Bonchev–Trinajstić information content (AvgIpc) is 2.14. The monoisotopic (exact) mass is 256 g/mol. The molecule has 1 aromatic carbocycles. The van der Waals surface area contributed by atoms with Crippen molar-refractivity contribution in [3.8, 4) is 0 Å². The first-order chi connectivity index (χ1) is 6.63. The molecule has 0 amide bonds. The number of aliphatic hydroxyl groups is 1. The number of aliphatic hydroxyl groups excluding tert-OH is 1. The molecule has 0 bridgehead atoms. The first kappa shape index (κ1) is 10.9. The lowest BCUT2D eigenvalue weighted by Gasteiger charge is -1.99. The van der Waals surface area contributed by atoms with Crippen LogP contribution in [0.4, 0.5) is 0 Å². The van der Waals surface area contributed by atoms with Crippen LogP contribution in [0.1, 0.15) is 15.9 Å². The van der Waals surface area contributed by atoms with Crippen LogP contribution < -0.4 is 0 Å². The van der Waals surface area contributed by atoms with Crippen molar-refractivity contribution in [3.05, 3.63) is 39.9 Å². The molecule has 1 rings (SSSR count). The summed E-state index contributed by atoms with van der Waals surface area (Å²) >= 11 is 3.21. The summed E-state index contributed by atoms with van der Waals surface area (Å²) < 4.78 is 0.704. The van der Waals surface area contributed by atoms with Crippen LogP contribution in [0.2, 0.25) is 0 Å². The predicted molar refractivity (Wildman–Crippen MR) is 57.2 cm³/mol. The number of aromatic carboxylic acids is 1. The first-order valence-corrected chi connectivity index (χ1v) is 4.74. The number of benzene rings is 1. The van der Waals surface area contributed by atoms with Crippen molar-refractivity contribution in [2.45, 2.75) is 0 Å². The van der Waals surface area contributed by atoms with Crippen LogP contribution in [-0.2, 0) is 0 Å². The fraction of sp³-hybridized carbons (Fsp3) is 0.100. The van der Waals surface area contributed by atoms with E-state index in [0.29, 0.717) is 4.47 Å². The largest absolute Gasteiger partial charge is 0.478 e. The summed E-state index contributed by atoms with van der Waals surface area (Å²) in [6.07, 6.45) is 3.21. The Morgan fingerprint density at radius 3 is 2.71 bits per heavy atom. The zero-order valence-electron chi connectivity index (χ0n) is 7.27. The topological polar surface area (TPSA) is 57.5 Å². The molecule has 4 heteroatoms. The highest BCUT2D eigenvalue weighted by atomic mass is 79.9. The molecule has 0 radical (unpaired) electrons. The molecule has 3 nitrogen and oxygen atoms in total. The second-order valence-electron chi connectivity index (χ2n) is 2.66. The number of hydrogen-bond acceptors (Lipinski definition) is 2. The standard InChI is InChI=1S/C10H9BrO3/c11-9-5-7(2-1-3-12)4-8(6-9)10(13)14/h1-2,4-6,12H,3H2,(H,13,14). The van der Waals surface area contributed by atoms with Crippen LogP contribution in [0.5, 0.6) is 0 Å². The van der Waals surface area contributed by atoms with Gasteiger partial charge in [-0.25, -0.2) is 4.79 Å². The van der Waals surface area contributed by atoms with E-state index in [1.807, 2.05) is 0 Å². The Bertz CT molecular complexity index is 372. The number of rotatable bonds is 3. The normalized spacial score (nSPS) is 10.7. The molecule has 14 heavy (non-hydrogen) atoms. The van der Waals surface area contributed by atoms with Crippen LogP contribution in [0.3, 0.4) is 0 Å². The van der Waals surface area contributed by atoms with Gasteiger partial charge in [0.05, 0.1) is 12.2 Å². The molecule has 2 N–H and O–H groups in total. The molecule has 0 aliphatic rings. The quantitative estimate of drug-likeness (QED) is 0.872. The van der Waals surface area contributed by atoms with E-state index in [0.717, 1.165) is 5.56 Å². The van der Waals surface area contributed by atoms with Crippen molar-refractivity contribution in [3.63, 3.8) is 0 Å². The van der Waals surface area contributed by atoms with Gasteiger partial charge in [-0.2, -0.15) is 0 Å². The van der Waals surface area contributed by atoms with E-state index >= 15 is 0 Å². The molecule has 0 fully saturated rings. The highest BCUT2D eigenvalue weighted by Crippen LogP contribution is 2.17. The Morgan fingerprint density at radius 1 is 1.43 bits per heavy atom. The Labute approximate surface area is 89.8 Å². The lowest BCUT2D eigenvalue weighted by Crippen LogP contribution is -1.96. The number of halogens is 1. The molecule has 0 aliphatic heterocycles. The summed E-state index contributed by atoms with van der Waals surface area (Å²) in [7, 11) is 0. The molecule has 74 valence electrons. The zero-order chi connectivity index (χ0) is 10.6. The summed E-state index contributed by atoms with van der Waals surface area (Å²) in [6, 6.07) is 4.84. The van der Waals surface area contributed by atoms with E-state index in [-0.39, 0.29) is 12.2 Å². The average molecular weight is 257 g/mol. The third-order valence-corrected chi connectivity index (χ3v) is 2.04. The van der Waals surface area contributed by atoms with Gasteiger partial charge in [-0.3, -0.25) is 0 Å². The van der Waals surface area contributed by atoms with Crippen molar-refractivity contribution in [2.24, 2.45) is 0 Å². The van der Waals surface area contributed by atoms with Crippen molar-refractivity contribution in [1.29, 1.82) is 0 Å². The van der Waals surface area contributed by atoms with Gasteiger partial charge in [-0.1, -0.05) is 28.1 Å². The maximum absolute atomic E-state index is 10.7. The molecule has 1 aromatic rings. The Kier molecular flexibility index (Phi) is 3.85. The fourth-order valence-corrected chi connectivity index (χ4v) is 1.53. The SMILES string of the molecule is O=C(O)c1cc(Br)cc(C=CCO)c1. The molecule has 0 heterocycles. The highest BCUT2D eigenvalue weighted by Gasteiger charge is 2.04. The first-order valence-electron chi connectivity index (χ1n) is 3.95. The van der Waals surface area contributed by atoms with Crippen molar-refractivity contribution in [2.75, 3.05) is 6.61 Å². The maximum Gasteiger partial charge on any atom is 0.335 e. The third kappa shape index (κ3) is 2.97. The van der Waals surface area contributed by atoms with E-state index in [1.54, 1.807) is 24.3 Å². The predicted octanol–water partition coefficient (Wildman–Crippen LogP) is 2.15. The van der Waals surface area contributed by atoms with Crippen LogP contribution in [0, 0.1) is 0 Å². The van der Waals surface area contributed by atoms with E-state index in [9.17, 15) is 4.79 Å². The minimum absolute atomic E-state index is 0.0606. The van der Waals surface area contributed by atoms with Gasteiger partial charge in [0.1, 0.15) is 0 Å². The molecule has 0 unspecified atom stereocenters. The fourth-order valence-electron chi connectivity index (χ4n) is 1.02. The van der Waals surface area contributed by atoms with E-state index in [2.05, 4.69) is 15.9 Å². The number of carboxylic acid groups (broad SMARTS) is 1. The Hall–Kier alpha value is -1.13. The summed E-state index contributed by atoms with van der Waals surface area (Å²) in [5.74, 6) is -0.968. The van der Waals surface area contributed by atoms with Crippen molar-refractivity contribution >= 4 is 28.0 Å². The van der Waals surface area contributed by atoms with Crippen molar-refractivity contribution in [1.82, 2.24) is 0 Å². The molecule has 0 saturated heterocycles. The summed E-state index contributed by atoms with van der Waals surface area (Å²) in [4.78, 5) is 10.7. The minimum atomic E-state index is -0.968. The van der Waals surface area contributed by atoms with Gasteiger partial charge in [0.25, 0.3) is 0 Å². The third-order valence-electron chi connectivity index (χ3n) is 1.58. The Balaban J connectivity index is 3.07. The lowest BCUT2D eigenvalue weighted by molar-refractivity contribution is 0.0697. The van der Waals surface area contributed by atoms with E-state index in [1.165, 1.54) is 6.07 Å². The van der Waals surface area contributed by atoms with Gasteiger partial charge in [-0.05, 0) is 23.8 Å². The van der Waals surface area contributed by atoms with E-state index in [4.69, 9.17) is 10.2 Å².